The van der Waals surface area contributed by atoms with Crippen LogP contribution in [-0.4, -0.2) is 39.8 Å². The van der Waals surface area contributed by atoms with Crippen LogP contribution in [0.25, 0.3) is 0 Å². The molecule has 0 aliphatic rings. The molecule has 0 N–H and O–H groups in total. The average molecular weight is 334 g/mol. The summed E-state index contributed by atoms with van der Waals surface area (Å²) in [7, 11) is 1.69. The van der Waals surface area contributed by atoms with Gasteiger partial charge in [-0.05, 0) is 19.9 Å². The van der Waals surface area contributed by atoms with Gasteiger partial charge in [0.1, 0.15) is 10.6 Å². The van der Waals surface area contributed by atoms with E-state index in [-0.39, 0.29) is 19.1 Å². The van der Waals surface area contributed by atoms with Gasteiger partial charge in [0.2, 0.25) is 0 Å². The first-order chi connectivity index (χ1) is 11.0. The van der Waals surface area contributed by atoms with Gasteiger partial charge in [-0.25, -0.2) is 9.78 Å². The number of hydrogen-bond acceptors (Lipinski definition) is 6. The molecular formula is C15H18N4O3S. The highest BCUT2D eigenvalue weighted by molar-refractivity contribution is 7.17. The molecule has 8 heteroatoms. The number of ether oxygens (including phenoxy) is 1. The minimum Gasteiger partial charge on any atom is -0.462 e. The molecule has 0 aliphatic carbocycles. The minimum atomic E-state index is -0.430. The van der Waals surface area contributed by atoms with Crippen molar-refractivity contribution in [2.45, 2.75) is 13.8 Å². The molecule has 0 saturated heterocycles. The molecule has 0 aliphatic heterocycles. The molecule has 2 rings (SSSR count). The summed E-state index contributed by atoms with van der Waals surface area (Å²) in [5.41, 5.74) is 0.965. The number of hydrogen-bond donors (Lipinski definition) is 0. The molecule has 2 aromatic heterocycles. The molecule has 7 nitrogen and oxygen atoms in total. The minimum absolute atomic E-state index is 0.256. The quantitative estimate of drug-likeness (QED) is 0.598. The van der Waals surface area contributed by atoms with Crippen LogP contribution in [0.5, 0.6) is 0 Å². The lowest BCUT2D eigenvalue weighted by Crippen LogP contribution is -2.32. The molecule has 0 spiro atoms. The Kier molecular flexibility index (Phi) is 5.28. The Bertz CT molecular complexity index is 735. The van der Waals surface area contributed by atoms with Gasteiger partial charge in [0, 0.05) is 19.8 Å². The fraction of sp³-hybridized carbons (Fsp3) is 0.333. The van der Waals surface area contributed by atoms with Crippen molar-refractivity contribution in [3.8, 4) is 0 Å². The van der Waals surface area contributed by atoms with E-state index < -0.39 is 5.97 Å². The van der Waals surface area contributed by atoms with Gasteiger partial charge in [0.25, 0.3) is 5.91 Å². The number of aryl methyl sites for hydroxylation is 2. The molecule has 0 saturated carbocycles. The second kappa shape index (κ2) is 7.19. The third kappa shape index (κ3) is 3.48. The number of anilines is 1. The number of rotatable bonds is 6. The maximum atomic E-state index is 12.7. The summed E-state index contributed by atoms with van der Waals surface area (Å²) in [5, 5.41) is 4.43. The van der Waals surface area contributed by atoms with Gasteiger partial charge in [0.15, 0.2) is 5.13 Å². The molecule has 0 bridgehead atoms. The van der Waals surface area contributed by atoms with Gasteiger partial charge in [0.05, 0.1) is 12.3 Å². The second-order valence-electron chi connectivity index (χ2n) is 4.68. The van der Waals surface area contributed by atoms with Crippen molar-refractivity contribution in [3.63, 3.8) is 0 Å². The van der Waals surface area contributed by atoms with Crippen molar-refractivity contribution < 1.29 is 14.3 Å². The van der Waals surface area contributed by atoms with Gasteiger partial charge in [-0.1, -0.05) is 17.4 Å². The Morgan fingerprint density at radius 1 is 1.52 bits per heavy atom. The molecule has 2 aromatic rings. The summed E-state index contributed by atoms with van der Waals surface area (Å²) in [6.07, 6.45) is 3.16. The maximum absolute atomic E-state index is 12.7. The molecule has 0 radical (unpaired) electrons. The van der Waals surface area contributed by atoms with E-state index in [1.807, 2.05) is 0 Å². The van der Waals surface area contributed by atoms with E-state index in [1.165, 1.54) is 9.58 Å². The smallest absolute Gasteiger partial charge is 0.350 e. The number of nitrogens with zero attached hydrogens (tertiary/aromatic N) is 4. The van der Waals surface area contributed by atoms with E-state index >= 15 is 0 Å². The van der Waals surface area contributed by atoms with Crippen LogP contribution in [0.1, 0.15) is 32.8 Å². The Balaban J connectivity index is 2.37. The summed E-state index contributed by atoms with van der Waals surface area (Å²) in [6.45, 7) is 7.70. The van der Waals surface area contributed by atoms with Crippen molar-refractivity contribution in [2.75, 3.05) is 18.1 Å². The molecule has 0 unspecified atom stereocenters. The third-order valence-electron chi connectivity index (χ3n) is 3.07. The number of carbonyl (C=O) groups excluding carboxylic acids is 2. The summed E-state index contributed by atoms with van der Waals surface area (Å²) in [6, 6.07) is 1.63. The summed E-state index contributed by atoms with van der Waals surface area (Å²) in [4.78, 5) is 30.8. The third-order valence-corrected chi connectivity index (χ3v) is 4.23. The predicted molar refractivity (Wildman–Crippen MR) is 87.9 cm³/mol. The standard InChI is InChI=1S/C15H18N4O3S/c1-5-9-19(13(20)11-7-8-16-18(11)4)15-17-10(3)12(23-15)14(21)22-6-2/h5,7-8H,1,6,9H2,2-4H3. The van der Waals surface area contributed by atoms with Crippen molar-refractivity contribution >= 4 is 28.3 Å². The molecule has 2 heterocycles. The van der Waals surface area contributed by atoms with Crippen LogP contribution in [-0.2, 0) is 11.8 Å². The van der Waals surface area contributed by atoms with Crippen LogP contribution in [0, 0.1) is 6.92 Å². The highest BCUT2D eigenvalue weighted by atomic mass is 32.1. The van der Waals surface area contributed by atoms with Gasteiger partial charge >= 0.3 is 5.97 Å². The van der Waals surface area contributed by atoms with Crippen molar-refractivity contribution in [3.05, 3.63) is 41.2 Å². The molecule has 1 amide bonds. The summed E-state index contributed by atoms with van der Waals surface area (Å²) >= 11 is 1.13. The van der Waals surface area contributed by atoms with Crippen molar-refractivity contribution in [1.82, 2.24) is 14.8 Å². The highest BCUT2D eigenvalue weighted by Gasteiger charge is 2.25. The SMILES string of the molecule is C=CCN(C(=O)c1ccnn1C)c1nc(C)c(C(=O)OCC)s1. The van der Waals surface area contributed by atoms with Gasteiger partial charge in [-0.3, -0.25) is 14.4 Å². The van der Waals surface area contributed by atoms with E-state index in [0.29, 0.717) is 21.4 Å². The highest BCUT2D eigenvalue weighted by Crippen LogP contribution is 2.28. The van der Waals surface area contributed by atoms with Gasteiger partial charge in [-0.2, -0.15) is 5.10 Å². The lowest BCUT2D eigenvalue weighted by atomic mass is 10.3. The van der Waals surface area contributed by atoms with Crippen molar-refractivity contribution in [2.24, 2.45) is 7.05 Å². The van der Waals surface area contributed by atoms with E-state index in [0.717, 1.165) is 11.3 Å². The zero-order valence-electron chi connectivity index (χ0n) is 13.3. The van der Waals surface area contributed by atoms with Crippen LogP contribution in [0.4, 0.5) is 5.13 Å². The Morgan fingerprint density at radius 2 is 2.26 bits per heavy atom. The first-order valence-corrected chi connectivity index (χ1v) is 7.86. The van der Waals surface area contributed by atoms with E-state index in [2.05, 4.69) is 16.7 Å². The number of aromatic nitrogens is 3. The lowest BCUT2D eigenvalue weighted by Gasteiger charge is -2.17. The largest absolute Gasteiger partial charge is 0.462 e. The normalized spacial score (nSPS) is 10.4. The molecular weight excluding hydrogens is 316 g/mol. The molecule has 23 heavy (non-hydrogen) atoms. The lowest BCUT2D eigenvalue weighted by molar-refractivity contribution is 0.0531. The number of thiazole rings is 1. The van der Waals surface area contributed by atoms with Crippen LogP contribution >= 0.6 is 11.3 Å². The predicted octanol–water partition coefficient (Wildman–Crippen LogP) is 2.19. The van der Waals surface area contributed by atoms with Gasteiger partial charge < -0.3 is 4.74 Å². The average Bonchev–Trinajstić information content (AvgIpc) is 3.10. The van der Waals surface area contributed by atoms with Crippen LogP contribution in [0.15, 0.2) is 24.9 Å². The van der Waals surface area contributed by atoms with E-state index in [9.17, 15) is 9.59 Å². The monoisotopic (exact) mass is 334 g/mol. The van der Waals surface area contributed by atoms with Crippen LogP contribution < -0.4 is 4.90 Å². The fourth-order valence-corrected chi connectivity index (χ4v) is 2.95. The topological polar surface area (TPSA) is 77.3 Å². The molecule has 0 atom stereocenters. The first-order valence-electron chi connectivity index (χ1n) is 7.04. The van der Waals surface area contributed by atoms with Crippen LogP contribution in [0.3, 0.4) is 0 Å². The zero-order chi connectivity index (χ0) is 17.0. The Hall–Kier alpha value is -2.48. The fourth-order valence-electron chi connectivity index (χ4n) is 1.98. The number of amides is 1. The Morgan fingerprint density at radius 3 is 2.83 bits per heavy atom. The number of carbonyl (C=O) groups is 2. The first kappa shape index (κ1) is 16.9. The Labute approximate surface area is 138 Å². The van der Waals surface area contributed by atoms with Gasteiger partial charge in [-0.15, -0.1) is 6.58 Å². The van der Waals surface area contributed by atoms with E-state index in [1.54, 1.807) is 39.2 Å². The van der Waals surface area contributed by atoms with E-state index in [4.69, 9.17) is 4.74 Å². The van der Waals surface area contributed by atoms with Crippen LogP contribution in [0.2, 0.25) is 0 Å². The molecule has 0 fully saturated rings. The maximum Gasteiger partial charge on any atom is 0.350 e. The molecule has 0 aromatic carbocycles. The molecule has 122 valence electrons. The summed E-state index contributed by atoms with van der Waals surface area (Å²) < 4.78 is 6.50. The van der Waals surface area contributed by atoms with Crippen molar-refractivity contribution in [1.29, 1.82) is 0 Å². The number of esters is 1. The zero-order valence-corrected chi connectivity index (χ0v) is 14.1. The second-order valence-corrected chi connectivity index (χ2v) is 5.65. The summed E-state index contributed by atoms with van der Waals surface area (Å²) in [5.74, 6) is -0.686.